The number of unbranched alkanes of at least 4 members (excludes halogenated alkanes) is 3. The first-order valence-corrected chi connectivity index (χ1v) is 7.55. The van der Waals surface area contributed by atoms with Gasteiger partial charge in [0.05, 0.1) is 4.90 Å². The molecule has 0 spiro atoms. The Morgan fingerprint density at radius 3 is 2.35 bits per heavy atom. The number of sulfone groups is 1. The van der Waals surface area contributed by atoms with Crippen LogP contribution in [0.4, 0.5) is 0 Å². The van der Waals surface area contributed by atoms with Crippen molar-refractivity contribution in [2.24, 2.45) is 0 Å². The quantitative estimate of drug-likeness (QED) is 0.689. The Morgan fingerprint density at radius 2 is 1.76 bits per heavy atom. The van der Waals surface area contributed by atoms with E-state index >= 15 is 0 Å². The lowest BCUT2D eigenvalue weighted by molar-refractivity contribution is 0.597. The van der Waals surface area contributed by atoms with E-state index < -0.39 is 9.84 Å². The van der Waals surface area contributed by atoms with Gasteiger partial charge in [-0.15, -0.1) is 0 Å². The molecule has 3 heteroatoms. The van der Waals surface area contributed by atoms with Gasteiger partial charge in [0, 0.05) is 4.91 Å². The van der Waals surface area contributed by atoms with Crippen LogP contribution in [0.5, 0.6) is 0 Å². The Labute approximate surface area is 104 Å². The van der Waals surface area contributed by atoms with Crippen LogP contribution in [-0.2, 0) is 9.84 Å². The predicted molar refractivity (Wildman–Crippen MR) is 71.5 cm³/mol. The first-order valence-electron chi connectivity index (χ1n) is 6.07. The van der Waals surface area contributed by atoms with E-state index in [9.17, 15) is 8.42 Å². The Bertz CT molecular complexity index is 446. The summed E-state index contributed by atoms with van der Waals surface area (Å²) < 4.78 is 24.2. The highest BCUT2D eigenvalue weighted by molar-refractivity contribution is 7.95. The topological polar surface area (TPSA) is 34.1 Å². The predicted octanol–water partition coefficient (Wildman–Crippen LogP) is 3.94. The molecule has 1 aromatic rings. The fourth-order valence-corrected chi connectivity index (χ4v) is 2.91. The van der Waals surface area contributed by atoms with Crippen LogP contribution in [0.3, 0.4) is 0 Å². The van der Waals surface area contributed by atoms with Crippen LogP contribution < -0.4 is 0 Å². The average molecular weight is 252 g/mol. The van der Waals surface area contributed by atoms with E-state index in [1.54, 1.807) is 24.3 Å². The van der Waals surface area contributed by atoms with Gasteiger partial charge in [-0.05, 0) is 25.0 Å². The van der Waals surface area contributed by atoms with Crippen LogP contribution in [-0.4, -0.2) is 8.42 Å². The molecule has 1 rings (SSSR count). The minimum atomic E-state index is -3.32. The van der Waals surface area contributed by atoms with Crippen LogP contribution in [0.15, 0.2) is 46.7 Å². The van der Waals surface area contributed by atoms with Gasteiger partial charge in [-0.25, -0.2) is 8.42 Å². The molecule has 1 aromatic carbocycles. The standard InChI is InChI=1S/C14H20O2S/c1-3-4-5-7-10-13(2)17(15,16)14-11-8-6-9-12-14/h6,8-9,11-12H,2-5,7,10H2,1H3. The van der Waals surface area contributed by atoms with E-state index in [0.29, 0.717) is 16.2 Å². The highest BCUT2D eigenvalue weighted by Crippen LogP contribution is 2.22. The summed E-state index contributed by atoms with van der Waals surface area (Å²) in [7, 11) is -3.32. The summed E-state index contributed by atoms with van der Waals surface area (Å²) in [5.41, 5.74) is 0. The zero-order valence-electron chi connectivity index (χ0n) is 10.4. The van der Waals surface area contributed by atoms with Crippen molar-refractivity contribution in [3.63, 3.8) is 0 Å². The number of hydrogen-bond acceptors (Lipinski definition) is 2. The molecule has 0 saturated carbocycles. The molecule has 0 radical (unpaired) electrons. The smallest absolute Gasteiger partial charge is 0.202 e. The summed E-state index contributed by atoms with van der Waals surface area (Å²) in [4.78, 5) is 0.681. The Kier molecular flexibility index (Phi) is 5.42. The number of benzene rings is 1. The van der Waals surface area contributed by atoms with Gasteiger partial charge in [0.1, 0.15) is 0 Å². The minimum Gasteiger partial charge on any atom is -0.219 e. The van der Waals surface area contributed by atoms with Gasteiger partial charge in [0.2, 0.25) is 9.84 Å². The molecule has 0 aliphatic carbocycles. The second-order valence-electron chi connectivity index (χ2n) is 4.17. The van der Waals surface area contributed by atoms with Crippen molar-refractivity contribution in [1.82, 2.24) is 0 Å². The largest absolute Gasteiger partial charge is 0.219 e. The second-order valence-corrected chi connectivity index (χ2v) is 6.22. The molecule has 0 amide bonds. The van der Waals surface area contributed by atoms with Crippen LogP contribution >= 0.6 is 0 Å². The zero-order chi connectivity index (χ0) is 12.7. The highest BCUT2D eigenvalue weighted by Gasteiger charge is 2.17. The SMILES string of the molecule is C=C(CCCCCC)S(=O)(=O)c1ccccc1. The minimum absolute atomic E-state index is 0.333. The summed E-state index contributed by atoms with van der Waals surface area (Å²) in [6.07, 6.45) is 4.84. The van der Waals surface area contributed by atoms with Crippen molar-refractivity contribution in [3.05, 3.63) is 41.8 Å². The van der Waals surface area contributed by atoms with Gasteiger partial charge in [-0.1, -0.05) is 51.0 Å². The van der Waals surface area contributed by atoms with Gasteiger partial charge in [0.15, 0.2) is 0 Å². The molecule has 94 valence electrons. The normalized spacial score (nSPS) is 11.4. The fourth-order valence-electron chi connectivity index (χ4n) is 1.65. The van der Waals surface area contributed by atoms with Crippen LogP contribution in [0, 0.1) is 0 Å². The summed E-state index contributed by atoms with van der Waals surface area (Å²) in [5, 5.41) is 0. The maximum absolute atomic E-state index is 12.1. The van der Waals surface area contributed by atoms with E-state index in [1.807, 2.05) is 6.07 Å². The molecular weight excluding hydrogens is 232 g/mol. The summed E-state index contributed by atoms with van der Waals surface area (Å²) >= 11 is 0. The zero-order valence-corrected chi connectivity index (χ0v) is 11.2. The third-order valence-electron chi connectivity index (χ3n) is 2.74. The molecule has 0 bridgehead atoms. The first-order chi connectivity index (χ1) is 8.09. The third kappa shape index (κ3) is 4.00. The number of rotatable bonds is 7. The average Bonchev–Trinajstić information content (AvgIpc) is 2.35. The van der Waals surface area contributed by atoms with Crippen molar-refractivity contribution in [2.75, 3.05) is 0 Å². The van der Waals surface area contributed by atoms with Crippen molar-refractivity contribution in [2.45, 2.75) is 43.9 Å². The van der Waals surface area contributed by atoms with Gasteiger partial charge < -0.3 is 0 Å². The number of hydrogen-bond donors (Lipinski definition) is 0. The molecule has 0 aliphatic heterocycles. The Balaban J connectivity index is 2.62. The lowest BCUT2D eigenvalue weighted by Gasteiger charge is -2.07. The third-order valence-corrected chi connectivity index (χ3v) is 4.60. The van der Waals surface area contributed by atoms with Gasteiger partial charge in [-0.3, -0.25) is 0 Å². The van der Waals surface area contributed by atoms with Gasteiger partial charge >= 0.3 is 0 Å². The van der Waals surface area contributed by atoms with E-state index in [2.05, 4.69) is 13.5 Å². The summed E-state index contributed by atoms with van der Waals surface area (Å²) in [6, 6.07) is 8.51. The van der Waals surface area contributed by atoms with E-state index in [0.717, 1.165) is 25.7 Å². The van der Waals surface area contributed by atoms with Crippen molar-refractivity contribution < 1.29 is 8.42 Å². The molecule has 0 saturated heterocycles. The molecule has 0 aromatic heterocycles. The second kappa shape index (κ2) is 6.60. The van der Waals surface area contributed by atoms with Crippen molar-refractivity contribution in [1.29, 1.82) is 0 Å². The lowest BCUT2D eigenvalue weighted by atomic mass is 10.1. The summed E-state index contributed by atoms with van der Waals surface area (Å²) in [6.45, 7) is 5.85. The molecule has 0 fully saturated rings. The monoisotopic (exact) mass is 252 g/mol. The molecule has 2 nitrogen and oxygen atoms in total. The van der Waals surface area contributed by atoms with Gasteiger partial charge in [0.25, 0.3) is 0 Å². The molecule has 0 atom stereocenters. The molecule has 0 N–H and O–H groups in total. The van der Waals surface area contributed by atoms with Crippen molar-refractivity contribution >= 4 is 9.84 Å². The first kappa shape index (κ1) is 14.0. The molecule has 0 unspecified atom stereocenters. The molecule has 0 aliphatic rings. The molecule has 0 heterocycles. The summed E-state index contributed by atoms with van der Waals surface area (Å²) in [5.74, 6) is 0. The van der Waals surface area contributed by atoms with Crippen molar-refractivity contribution in [3.8, 4) is 0 Å². The fraction of sp³-hybridized carbons (Fsp3) is 0.429. The van der Waals surface area contributed by atoms with Crippen LogP contribution in [0.1, 0.15) is 39.0 Å². The highest BCUT2D eigenvalue weighted by atomic mass is 32.2. The number of allylic oxidation sites excluding steroid dienone is 1. The van der Waals surface area contributed by atoms with Gasteiger partial charge in [-0.2, -0.15) is 0 Å². The van der Waals surface area contributed by atoms with E-state index in [1.165, 1.54) is 0 Å². The van der Waals surface area contributed by atoms with Crippen LogP contribution in [0.2, 0.25) is 0 Å². The lowest BCUT2D eigenvalue weighted by Crippen LogP contribution is -2.03. The maximum Gasteiger partial charge on any atom is 0.202 e. The van der Waals surface area contributed by atoms with E-state index in [-0.39, 0.29) is 0 Å². The van der Waals surface area contributed by atoms with Crippen LogP contribution in [0.25, 0.3) is 0 Å². The molecular formula is C14H20O2S. The van der Waals surface area contributed by atoms with E-state index in [4.69, 9.17) is 0 Å². The Morgan fingerprint density at radius 1 is 1.12 bits per heavy atom. The Hall–Kier alpha value is -1.09. The maximum atomic E-state index is 12.1. The molecule has 17 heavy (non-hydrogen) atoms.